The maximum absolute atomic E-state index is 5.90. The van der Waals surface area contributed by atoms with Crippen LogP contribution in [0.4, 0.5) is 0 Å². The van der Waals surface area contributed by atoms with Crippen molar-refractivity contribution in [2.45, 2.75) is 40.0 Å². The van der Waals surface area contributed by atoms with E-state index >= 15 is 0 Å². The highest BCUT2D eigenvalue weighted by Crippen LogP contribution is 2.16. The van der Waals surface area contributed by atoms with Gasteiger partial charge in [0.05, 0.1) is 0 Å². The molecule has 1 heterocycles. The lowest BCUT2D eigenvalue weighted by Gasteiger charge is -2.21. The predicted octanol–water partition coefficient (Wildman–Crippen LogP) is 3.99. The number of nitrogens with one attached hydrogen (secondary N) is 2. The summed E-state index contributed by atoms with van der Waals surface area (Å²) < 4.78 is 5.90. The van der Waals surface area contributed by atoms with Crippen molar-refractivity contribution >= 4 is 29.9 Å². The Kier molecular flexibility index (Phi) is 10.0. The topological polar surface area (TPSA) is 58.5 Å². The number of benzene rings is 1. The van der Waals surface area contributed by atoms with Gasteiger partial charge in [-0.15, -0.1) is 24.0 Å². The van der Waals surface area contributed by atoms with Gasteiger partial charge in [-0.25, -0.2) is 4.98 Å². The lowest BCUT2D eigenvalue weighted by Crippen LogP contribution is -2.43. The summed E-state index contributed by atoms with van der Waals surface area (Å²) >= 11 is 0. The average molecular weight is 468 g/mol. The average Bonchev–Trinajstić information content (AvgIpc) is 2.64. The van der Waals surface area contributed by atoms with Gasteiger partial charge in [-0.3, -0.25) is 4.99 Å². The standard InChI is InChI=1S/C20H28N4O.HI/c1-15(2)16(3)24-20(21-4)23-13-18-11-8-12-22-19(18)25-14-17-9-6-5-7-10-17;/h5-12,15-16H,13-14H2,1-4H3,(H2,21,23,24);1H. The largest absolute Gasteiger partial charge is 0.473 e. The molecule has 0 aliphatic rings. The first-order chi connectivity index (χ1) is 12.1. The molecule has 2 rings (SSSR count). The highest BCUT2D eigenvalue weighted by molar-refractivity contribution is 14.0. The van der Waals surface area contributed by atoms with Crippen molar-refractivity contribution in [2.75, 3.05) is 7.05 Å². The molecule has 1 atom stereocenters. The number of aromatic nitrogens is 1. The molecular formula is C20H29IN4O. The number of halogens is 1. The van der Waals surface area contributed by atoms with Gasteiger partial charge < -0.3 is 15.4 Å². The normalized spacial score (nSPS) is 12.3. The fraction of sp³-hybridized carbons (Fsp3) is 0.400. The number of aliphatic imine (C=N–C) groups is 1. The van der Waals surface area contributed by atoms with E-state index in [4.69, 9.17) is 4.74 Å². The highest BCUT2D eigenvalue weighted by atomic mass is 127. The monoisotopic (exact) mass is 468 g/mol. The number of nitrogens with zero attached hydrogens (tertiary/aromatic N) is 2. The minimum absolute atomic E-state index is 0. The molecule has 0 aliphatic heterocycles. The fourth-order valence-corrected chi connectivity index (χ4v) is 2.17. The number of rotatable bonds is 7. The second kappa shape index (κ2) is 11.7. The maximum atomic E-state index is 5.90. The second-order valence-electron chi connectivity index (χ2n) is 6.34. The smallest absolute Gasteiger partial charge is 0.218 e. The van der Waals surface area contributed by atoms with Crippen LogP contribution < -0.4 is 15.4 Å². The third-order valence-corrected chi connectivity index (χ3v) is 4.10. The van der Waals surface area contributed by atoms with Gasteiger partial charge >= 0.3 is 0 Å². The number of pyridine rings is 1. The van der Waals surface area contributed by atoms with Gasteiger partial charge in [0, 0.05) is 31.4 Å². The summed E-state index contributed by atoms with van der Waals surface area (Å²) in [5.41, 5.74) is 2.12. The molecule has 0 saturated carbocycles. The Morgan fingerprint density at radius 3 is 2.50 bits per heavy atom. The molecular weight excluding hydrogens is 439 g/mol. The summed E-state index contributed by atoms with van der Waals surface area (Å²) in [6, 6.07) is 14.4. The van der Waals surface area contributed by atoms with Crippen LogP contribution in [-0.4, -0.2) is 24.0 Å². The number of guanidine groups is 1. The maximum Gasteiger partial charge on any atom is 0.218 e. The molecule has 0 radical (unpaired) electrons. The molecule has 0 saturated heterocycles. The van der Waals surface area contributed by atoms with Crippen molar-refractivity contribution < 1.29 is 4.74 Å². The van der Waals surface area contributed by atoms with Gasteiger partial charge in [-0.1, -0.05) is 50.2 Å². The quantitative estimate of drug-likeness (QED) is 0.367. The van der Waals surface area contributed by atoms with E-state index in [0.717, 1.165) is 17.1 Å². The molecule has 0 spiro atoms. The van der Waals surface area contributed by atoms with E-state index in [1.807, 2.05) is 42.5 Å². The zero-order valence-corrected chi connectivity index (χ0v) is 18.2. The first-order valence-corrected chi connectivity index (χ1v) is 8.68. The van der Waals surface area contributed by atoms with Crippen LogP contribution in [0.15, 0.2) is 53.7 Å². The molecule has 0 aliphatic carbocycles. The van der Waals surface area contributed by atoms with E-state index in [2.05, 4.69) is 41.4 Å². The van der Waals surface area contributed by atoms with E-state index < -0.39 is 0 Å². The van der Waals surface area contributed by atoms with Gasteiger partial charge in [-0.05, 0) is 24.5 Å². The summed E-state index contributed by atoms with van der Waals surface area (Å²) in [4.78, 5) is 8.65. The minimum atomic E-state index is 0. The van der Waals surface area contributed by atoms with Crippen molar-refractivity contribution in [1.82, 2.24) is 15.6 Å². The van der Waals surface area contributed by atoms with Crippen LogP contribution in [0.25, 0.3) is 0 Å². The highest BCUT2D eigenvalue weighted by Gasteiger charge is 2.10. The predicted molar refractivity (Wildman–Crippen MR) is 118 cm³/mol. The molecule has 1 unspecified atom stereocenters. The molecule has 0 bridgehead atoms. The lowest BCUT2D eigenvalue weighted by molar-refractivity contribution is 0.290. The molecule has 26 heavy (non-hydrogen) atoms. The van der Waals surface area contributed by atoms with Crippen LogP contribution in [-0.2, 0) is 13.2 Å². The van der Waals surface area contributed by atoms with Crippen LogP contribution in [0.2, 0.25) is 0 Å². The Morgan fingerprint density at radius 1 is 1.12 bits per heavy atom. The lowest BCUT2D eigenvalue weighted by atomic mass is 10.1. The summed E-state index contributed by atoms with van der Waals surface area (Å²) in [6.07, 6.45) is 1.75. The minimum Gasteiger partial charge on any atom is -0.473 e. The second-order valence-corrected chi connectivity index (χ2v) is 6.34. The van der Waals surface area contributed by atoms with Crippen molar-refractivity contribution in [3.8, 4) is 5.88 Å². The van der Waals surface area contributed by atoms with E-state index in [1.54, 1.807) is 13.2 Å². The van der Waals surface area contributed by atoms with Crippen molar-refractivity contribution in [3.63, 3.8) is 0 Å². The number of hydrogen-bond acceptors (Lipinski definition) is 3. The Labute approximate surface area is 173 Å². The Bertz CT molecular complexity index is 677. The van der Waals surface area contributed by atoms with Gasteiger partial charge in [0.2, 0.25) is 5.88 Å². The van der Waals surface area contributed by atoms with Crippen LogP contribution >= 0.6 is 24.0 Å². The van der Waals surface area contributed by atoms with Crippen LogP contribution in [0.1, 0.15) is 31.9 Å². The van der Waals surface area contributed by atoms with Gasteiger partial charge in [0.25, 0.3) is 0 Å². The van der Waals surface area contributed by atoms with E-state index in [-0.39, 0.29) is 24.0 Å². The van der Waals surface area contributed by atoms with E-state index in [1.165, 1.54) is 0 Å². The SMILES string of the molecule is CN=C(NCc1cccnc1OCc1ccccc1)NC(C)C(C)C.I. The molecule has 1 aromatic carbocycles. The van der Waals surface area contributed by atoms with Crippen molar-refractivity contribution in [1.29, 1.82) is 0 Å². The zero-order chi connectivity index (χ0) is 18.1. The van der Waals surface area contributed by atoms with Crippen LogP contribution in [0.5, 0.6) is 5.88 Å². The molecule has 2 N–H and O–H groups in total. The molecule has 0 amide bonds. The molecule has 0 fully saturated rings. The summed E-state index contributed by atoms with van der Waals surface area (Å²) in [5.74, 6) is 1.95. The van der Waals surface area contributed by atoms with Gasteiger partial charge in [-0.2, -0.15) is 0 Å². The number of hydrogen-bond donors (Lipinski definition) is 2. The van der Waals surface area contributed by atoms with Gasteiger partial charge in [0.1, 0.15) is 6.61 Å². The molecule has 5 nitrogen and oxygen atoms in total. The Balaban J connectivity index is 0.00000338. The molecule has 2 aromatic rings. The molecule has 6 heteroatoms. The summed E-state index contributed by atoms with van der Waals surface area (Å²) in [5, 5.41) is 6.72. The fourth-order valence-electron chi connectivity index (χ4n) is 2.17. The molecule has 142 valence electrons. The summed E-state index contributed by atoms with van der Waals surface area (Å²) in [6.45, 7) is 7.61. The zero-order valence-electron chi connectivity index (χ0n) is 15.9. The Morgan fingerprint density at radius 2 is 1.85 bits per heavy atom. The van der Waals surface area contributed by atoms with Gasteiger partial charge in [0.15, 0.2) is 5.96 Å². The third kappa shape index (κ3) is 7.19. The van der Waals surface area contributed by atoms with E-state index in [0.29, 0.717) is 31.0 Å². The van der Waals surface area contributed by atoms with E-state index in [9.17, 15) is 0 Å². The Hall–Kier alpha value is -1.83. The first kappa shape index (κ1) is 22.2. The van der Waals surface area contributed by atoms with Crippen molar-refractivity contribution in [3.05, 3.63) is 59.8 Å². The first-order valence-electron chi connectivity index (χ1n) is 8.68. The van der Waals surface area contributed by atoms with Crippen LogP contribution in [0, 0.1) is 5.92 Å². The third-order valence-electron chi connectivity index (χ3n) is 4.10. The number of ether oxygens (including phenoxy) is 1. The summed E-state index contributed by atoms with van der Waals surface area (Å²) in [7, 11) is 1.78. The molecule has 1 aromatic heterocycles. The van der Waals surface area contributed by atoms with Crippen LogP contribution in [0.3, 0.4) is 0 Å². The van der Waals surface area contributed by atoms with Crippen molar-refractivity contribution in [2.24, 2.45) is 10.9 Å².